The Morgan fingerprint density at radius 3 is 2.71 bits per heavy atom. The molecule has 108 valence electrons. The number of furan rings is 1. The van der Waals surface area contributed by atoms with Crippen molar-refractivity contribution >= 4 is 11.0 Å². The van der Waals surface area contributed by atoms with E-state index in [4.69, 9.17) is 4.42 Å². The summed E-state index contributed by atoms with van der Waals surface area (Å²) in [6.45, 7) is 4.78. The maximum Gasteiger partial charge on any atom is 0.134 e. The van der Waals surface area contributed by atoms with Crippen LogP contribution in [0.1, 0.15) is 29.9 Å². The monoisotopic (exact) mass is 283 g/mol. The Labute approximate surface area is 123 Å². The molecule has 3 aromatic rings. The van der Waals surface area contributed by atoms with Crippen molar-refractivity contribution in [1.29, 1.82) is 0 Å². The van der Waals surface area contributed by atoms with E-state index in [1.807, 2.05) is 38.1 Å². The van der Waals surface area contributed by atoms with Crippen molar-refractivity contribution in [2.45, 2.75) is 19.9 Å². The molecule has 0 fully saturated rings. The smallest absolute Gasteiger partial charge is 0.134 e. The van der Waals surface area contributed by atoms with Crippen molar-refractivity contribution in [2.75, 3.05) is 6.54 Å². The quantitative estimate of drug-likeness (QED) is 0.758. The second-order valence-corrected chi connectivity index (χ2v) is 5.20. The Bertz CT molecular complexity index is 763. The minimum absolute atomic E-state index is 0.222. The highest BCUT2D eigenvalue weighted by Crippen LogP contribution is 2.30. The second-order valence-electron chi connectivity index (χ2n) is 5.20. The van der Waals surface area contributed by atoms with Gasteiger partial charge in [-0.3, -0.25) is 0 Å². The first-order chi connectivity index (χ1) is 10.2. The summed E-state index contributed by atoms with van der Waals surface area (Å²) in [5.74, 6) is 0.516. The standard InChI is InChI=1S/C18H18FNO/c1-3-20-18(14-6-4-5-7-15(14)19)17-11-13-10-12(2)8-9-16(13)21-17/h4-11,18,20H,3H2,1-2H3. The predicted molar refractivity (Wildman–Crippen MR) is 82.9 cm³/mol. The van der Waals surface area contributed by atoms with Crippen LogP contribution in [0.2, 0.25) is 0 Å². The summed E-state index contributed by atoms with van der Waals surface area (Å²) in [5, 5.41) is 4.34. The van der Waals surface area contributed by atoms with Gasteiger partial charge in [0.15, 0.2) is 0 Å². The summed E-state index contributed by atoms with van der Waals surface area (Å²) in [6.07, 6.45) is 0. The number of hydrogen-bond donors (Lipinski definition) is 1. The fraction of sp³-hybridized carbons (Fsp3) is 0.222. The summed E-state index contributed by atoms with van der Waals surface area (Å²) in [6, 6.07) is 14.6. The number of halogens is 1. The molecular weight excluding hydrogens is 265 g/mol. The number of rotatable bonds is 4. The molecule has 2 nitrogen and oxygen atoms in total. The molecule has 21 heavy (non-hydrogen) atoms. The number of aryl methyl sites for hydroxylation is 1. The minimum Gasteiger partial charge on any atom is -0.459 e. The van der Waals surface area contributed by atoms with Gasteiger partial charge in [0.25, 0.3) is 0 Å². The molecule has 0 bridgehead atoms. The van der Waals surface area contributed by atoms with Crippen molar-refractivity contribution in [1.82, 2.24) is 5.32 Å². The molecule has 0 aliphatic carbocycles. The Morgan fingerprint density at radius 1 is 1.14 bits per heavy atom. The van der Waals surface area contributed by atoms with Crippen LogP contribution in [-0.2, 0) is 0 Å². The van der Waals surface area contributed by atoms with Crippen molar-refractivity contribution in [3.05, 3.63) is 71.2 Å². The summed E-state index contributed by atoms with van der Waals surface area (Å²) in [5.41, 5.74) is 2.62. The van der Waals surface area contributed by atoms with Gasteiger partial charge in [-0.15, -0.1) is 0 Å². The molecular formula is C18H18FNO. The third kappa shape index (κ3) is 2.69. The Morgan fingerprint density at radius 2 is 1.95 bits per heavy atom. The molecule has 1 heterocycles. The highest BCUT2D eigenvalue weighted by atomic mass is 19.1. The summed E-state index contributed by atoms with van der Waals surface area (Å²) in [7, 11) is 0. The van der Waals surface area contributed by atoms with E-state index in [1.165, 1.54) is 11.6 Å². The first-order valence-corrected chi connectivity index (χ1v) is 7.17. The van der Waals surface area contributed by atoms with Crippen LogP contribution in [0.4, 0.5) is 4.39 Å². The Kier molecular flexibility index (Phi) is 3.76. The fourth-order valence-corrected chi connectivity index (χ4v) is 2.60. The van der Waals surface area contributed by atoms with E-state index >= 15 is 0 Å². The molecule has 1 atom stereocenters. The van der Waals surface area contributed by atoms with E-state index in [-0.39, 0.29) is 11.9 Å². The molecule has 0 spiro atoms. The molecule has 1 N–H and O–H groups in total. The lowest BCUT2D eigenvalue weighted by Gasteiger charge is -2.16. The van der Waals surface area contributed by atoms with E-state index in [1.54, 1.807) is 12.1 Å². The van der Waals surface area contributed by atoms with Gasteiger partial charge in [0.05, 0.1) is 6.04 Å². The lowest BCUT2D eigenvalue weighted by atomic mass is 10.0. The molecule has 1 unspecified atom stereocenters. The average Bonchev–Trinajstić information content (AvgIpc) is 2.88. The summed E-state index contributed by atoms with van der Waals surface area (Å²) in [4.78, 5) is 0. The molecule has 0 saturated heterocycles. The van der Waals surface area contributed by atoms with Gasteiger partial charge in [-0.1, -0.05) is 36.8 Å². The summed E-state index contributed by atoms with van der Waals surface area (Å²) >= 11 is 0. The average molecular weight is 283 g/mol. The topological polar surface area (TPSA) is 25.2 Å². The minimum atomic E-state index is -0.274. The molecule has 0 aliphatic rings. The first-order valence-electron chi connectivity index (χ1n) is 7.17. The Balaban J connectivity index is 2.09. The molecule has 3 rings (SSSR count). The maximum atomic E-state index is 14.1. The zero-order valence-corrected chi connectivity index (χ0v) is 12.2. The van der Waals surface area contributed by atoms with Crippen LogP contribution in [0.5, 0.6) is 0 Å². The maximum absolute atomic E-state index is 14.1. The first kappa shape index (κ1) is 13.8. The van der Waals surface area contributed by atoms with E-state index < -0.39 is 0 Å². The number of hydrogen-bond acceptors (Lipinski definition) is 2. The van der Waals surface area contributed by atoms with Crippen molar-refractivity contribution in [3.63, 3.8) is 0 Å². The van der Waals surface area contributed by atoms with Crippen LogP contribution in [0.15, 0.2) is 52.9 Å². The van der Waals surface area contributed by atoms with Crippen LogP contribution in [-0.4, -0.2) is 6.54 Å². The van der Waals surface area contributed by atoms with Gasteiger partial charge in [0.2, 0.25) is 0 Å². The summed E-state index contributed by atoms with van der Waals surface area (Å²) < 4.78 is 20.0. The van der Waals surface area contributed by atoms with Gasteiger partial charge in [0.1, 0.15) is 17.2 Å². The third-order valence-electron chi connectivity index (χ3n) is 3.60. The highest BCUT2D eigenvalue weighted by Gasteiger charge is 2.20. The lowest BCUT2D eigenvalue weighted by Crippen LogP contribution is -2.22. The van der Waals surface area contributed by atoms with Crippen molar-refractivity contribution < 1.29 is 8.81 Å². The zero-order chi connectivity index (χ0) is 14.8. The van der Waals surface area contributed by atoms with E-state index in [0.717, 1.165) is 23.3 Å². The molecule has 0 radical (unpaired) electrons. The Hall–Kier alpha value is -2.13. The van der Waals surface area contributed by atoms with E-state index in [2.05, 4.69) is 11.4 Å². The number of benzene rings is 2. The SMILES string of the molecule is CCNC(c1cc2cc(C)ccc2o1)c1ccccc1F. The molecule has 0 aliphatic heterocycles. The molecule has 2 aromatic carbocycles. The predicted octanol–water partition coefficient (Wildman–Crippen LogP) is 4.58. The van der Waals surface area contributed by atoms with Crippen LogP contribution >= 0.6 is 0 Å². The normalized spacial score (nSPS) is 12.7. The van der Waals surface area contributed by atoms with Gasteiger partial charge in [-0.25, -0.2) is 4.39 Å². The third-order valence-corrected chi connectivity index (χ3v) is 3.60. The number of fused-ring (bicyclic) bond motifs is 1. The molecule has 0 saturated carbocycles. The van der Waals surface area contributed by atoms with Crippen molar-refractivity contribution in [2.24, 2.45) is 0 Å². The van der Waals surface area contributed by atoms with E-state index in [9.17, 15) is 4.39 Å². The van der Waals surface area contributed by atoms with Gasteiger partial charge in [0, 0.05) is 10.9 Å². The molecule has 3 heteroatoms. The largest absolute Gasteiger partial charge is 0.459 e. The van der Waals surface area contributed by atoms with Crippen LogP contribution in [0, 0.1) is 12.7 Å². The highest BCUT2D eigenvalue weighted by molar-refractivity contribution is 5.79. The number of nitrogens with one attached hydrogen (secondary N) is 1. The van der Waals surface area contributed by atoms with Gasteiger partial charge in [-0.05, 0) is 37.7 Å². The molecule has 0 amide bonds. The van der Waals surface area contributed by atoms with Gasteiger partial charge in [-0.2, -0.15) is 0 Å². The second kappa shape index (κ2) is 5.70. The van der Waals surface area contributed by atoms with Crippen LogP contribution < -0.4 is 5.32 Å². The zero-order valence-electron chi connectivity index (χ0n) is 12.2. The lowest BCUT2D eigenvalue weighted by molar-refractivity contribution is 0.462. The van der Waals surface area contributed by atoms with Crippen molar-refractivity contribution in [3.8, 4) is 0 Å². The van der Waals surface area contributed by atoms with Crippen LogP contribution in [0.25, 0.3) is 11.0 Å². The van der Waals surface area contributed by atoms with Crippen LogP contribution in [0.3, 0.4) is 0 Å². The van der Waals surface area contributed by atoms with Gasteiger partial charge >= 0.3 is 0 Å². The molecule has 1 aromatic heterocycles. The fourth-order valence-electron chi connectivity index (χ4n) is 2.60. The van der Waals surface area contributed by atoms with E-state index in [0.29, 0.717) is 5.56 Å². The van der Waals surface area contributed by atoms with Gasteiger partial charge < -0.3 is 9.73 Å².